The maximum atomic E-state index is 13.4. The largest absolute Gasteiger partial charge is 0.494 e. The molecule has 0 aromatic carbocycles. The first-order valence-electron chi connectivity index (χ1n) is 11.6. The number of nitrogens with one attached hydrogen (secondary N) is 2. The number of ether oxygens (including phenoxy) is 1. The normalized spacial score (nSPS) is 15.9. The second-order valence-electron chi connectivity index (χ2n) is 8.48. The number of fused-ring (bicyclic) bond motifs is 1. The zero-order chi connectivity index (χ0) is 25.5. The summed E-state index contributed by atoms with van der Waals surface area (Å²) in [6, 6.07) is 0. The molecule has 4 aromatic rings. The first-order chi connectivity index (χ1) is 18.0. The molecule has 4 aromatic heterocycles. The fourth-order valence-electron chi connectivity index (χ4n) is 4.51. The Bertz CT molecular complexity index is 1530. The Balaban J connectivity index is 1.22. The van der Waals surface area contributed by atoms with Crippen molar-refractivity contribution in [2.24, 2.45) is 4.99 Å². The number of hydrogen-bond acceptors (Lipinski definition) is 11. The van der Waals surface area contributed by atoms with Crippen LogP contribution in [0.4, 0.5) is 5.82 Å². The van der Waals surface area contributed by atoms with Crippen LogP contribution in [0.1, 0.15) is 21.9 Å². The van der Waals surface area contributed by atoms with Crippen molar-refractivity contribution in [3.63, 3.8) is 0 Å². The van der Waals surface area contributed by atoms with Gasteiger partial charge in [0.25, 0.3) is 11.7 Å². The molecule has 2 aliphatic heterocycles. The van der Waals surface area contributed by atoms with Crippen LogP contribution in [0, 0.1) is 6.92 Å². The van der Waals surface area contributed by atoms with Crippen molar-refractivity contribution in [2.75, 3.05) is 50.5 Å². The van der Waals surface area contributed by atoms with Crippen LogP contribution in [-0.2, 0) is 4.79 Å². The highest BCUT2D eigenvalue weighted by atomic mass is 32.2. The highest BCUT2D eigenvalue weighted by Gasteiger charge is 2.32. The van der Waals surface area contributed by atoms with E-state index in [-0.39, 0.29) is 5.56 Å². The standard InChI is InChI=1S/C22H23N11O3S/c1-12-26-11-33(29-12)19-16-15(14(36-2)10-25-19)13(9-24-16)18(34)22(35)32-6-4-31(5-7-32)20-17(27-30-28-20)21-23-3-8-37-21/h9-11,24H,3-8H2,1-2H3,(H,27,28,30). The predicted octanol–water partition coefficient (Wildman–Crippen LogP) is 0.604. The molecule has 0 atom stereocenters. The maximum absolute atomic E-state index is 13.4. The van der Waals surface area contributed by atoms with Crippen molar-refractivity contribution < 1.29 is 14.3 Å². The quantitative estimate of drug-likeness (QED) is 0.271. The molecule has 0 spiro atoms. The molecule has 1 amide bonds. The number of Topliss-reactive ketones (excluding diaryl/α,β-unsaturated/α-hetero) is 1. The summed E-state index contributed by atoms with van der Waals surface area (Å²) < 4.78 is 6.98. The average molecular weight is 522 g/mol. The number of nitrogens with zero attached hydrogens (tertiary/aromatic N) is 9. The number of carbonyl (C=O) groups excluding carboxylic acids is 2. The third-order valence-electron chi connectivity index (χ3n) is 6.32. The van der Waals surface area contributed by atoms with Crippen LogP contribution in [0.5, 0.6) is 5.75 Å². The fourth-order valence-corrected chi connectivity index (χ4v) is 5.34. The zero-order valence-electron chi connectivity index (χ0n) is 20.1. The number of piperazine rings is 1. The van der Waals surface area contributed by atoms with Crippen molar-refractivity contribution in [2.45, 2.75) is 6.92 Å². The van der Waals surface area contributed by atoms with Gasteiger partial charge in [-0.15, -0.1) is 16.9 Å². The Hall–Kier alpha value is -4.27. The third-order valence-corrected chi connectivity index (χ3v) is 7.30. The lowest BCUT2D eigenvalue weighted by molar-refractivity contribution is -0.126. The van der Waals surface area contributed by atoms with Gasteiger partial charge in [0.1, 0.15) is 22.9 Å². The van der Waals surface area contributed by atoms with Gasteiger partial charge in [0.2, 0.25) is 0 Å². The number of anilines is 1. The van der Waals surface area contributed by atoms with Gasteiger partial charge in [-0.2, -0.15) is 15.4 Å². The summed E-state index contributed by atoms with van der Waals surface area (Å²) in [5.41, 5.74) is 1.47. The molecule has 14 nitrogen and oxygen atoms in total. The van der Waals surface area contributed by atoms with Crippen LogP contribution >= 0.6 is 11.8 Å². The van der Waals surface area contributed by atoms with Crippen LogP contribution in [0.25, 0.3) is 16.7 Å². The fraction of sp³-hybridized carbons (Fsp3) is 0.364. The number of carbonyl (C=O) groups is 2. The van der Waals surface area contributed by atoms with E-state index in [9.17, 15) is 9.59 Å². The van der Waals surface area contributed by atoms with Gasteiger partial charge >= 0.3 is 0 Å². The van der Waals surface area contributed by atoms with Gasteiger partial charge in [-0.25, -0.2) is 14.6 Å². The minimum Gasteiger partial charge on any atom is -0.494 e. The zero-order valence-corrected chi connectivity index (χ0v) is 20.9. The van der Waals surface area contributed by atoms with E-state index < -0.39 is 11.7 Å². The summed E-state index contributed by atoms with van der Waals surface area (Å²) in [4.78, 5) is 46.4. The molecule has 0 aliphatic carbocycles. The van der Waals surface area contributed by atoms with Crippen LogP contribution in [0.2, 0.25) is 0 Å². The Morgan fingerprint density at radius 2 is 1.95 bits per heavy atom. The molecule has 2 aliphatic rings. The SMILES string of the molecule is COc1cnc(-n2cnc(C)n2)c2[nH]cc(C(=O)C(=O)N3CCN(c4n[nH]nc4C4=NCCS4)CC3)c12. The van der Waals surface area contributed by atoms with Crippen molar-refractivity contribution in [1.29, 1.82) is 0 Å². The lowest BCUT2D eigenvalue weighted by Gasteiger charge is -2.34. The predicted molar refractivity (Wildman–Crippen MR) is 136 cm³/mol. The maximum Gasteiger partial charge on any atom is 0.295 e. The Labute approximate surface area is 214 Å². The minimum atomic E-state index is -0.622. The molecule has 15 heteroatoms. The molecule has 1 fully saturated rings. The lowest BCUT2D eigenvalue weighted by atomic mass is 10.1. The molecule has 190 valence electrons. The number of rotatable bonds is 6. The van der Waals surface area contributed by atoms with Gasteiger partial charge in [0.05, 0.1) is 29.8 Å². The summed E-state index contributed by atoms with van der Waals surface area (Å²) in [5, 5.41) is 16.9. The van der Waals surface area contributed by atoms with Crippen molar-refractivity contribution >= 4 is 45.2 Å². The molecule has 2 N–H and O–H groups in total. The van der Waals surface area contributed by atoms with Gasteiger partial charge in [0.15, 0.2) is 17.3 Å². The number of amides is 1. The summed E-state index contributed by atoms with van der Waals surface area (Å²) in [6.45, 7) is 4.33. The van der Waals surface area contributed by atoms with Crippen LogP contribution in [0.3, 0.4) is 0 Å². The van der Waals surface area contributed by atoms with E-state index in [0.29, 0.717) is 54.5 Å². The van der Waals surface area contributed by atoms with E-state index in [1.165, 1.54) is 30.5 Å². The summed E-state index contributed by atoms with van der Waals surface area (Å²) in [5.74, 6) is 1.86. The van der Waals surface area contributed by atoms with Crippen molar-refractivity contribution in [3.05, 3.63) is 35.8 Å². The topological polar surface area (TPSA) is 163 Å². The van der Waals surface area contributed by atoms with Crippen LogP contribution < -0.4 is 9.64 Å². The molecule has 0 unspecified atom stereocenters. The molecule has 6 heterocycles. The van der Waals surface area contributed by atoms with Gasteiger partial charge in [-0.05, 0) is 6.92 Å². The van der Waals surface area contributed by atoms with Crippen LogP contribution in [-0.4, -0.2) is 107 Å². The van der Waals surface area contributed by atoms with Crippen molar-refractivity contribution in [1.82, 2.24) is 45.0 Å². The molecule has 0 bridgehead atoms. The molecular formula is C22H23N11O3S. The average Bonchev–Trinajstić information content (AvgIpc) is 3.73. The van der Waals surface area contributed by atoms with Gasteiger partial charge in [0, 0.05) is 44.7 Å². The molecular weight excluding hydrogens is 498 g/mol. The number of thioether (sulfide) groups is 1. The smallest absolute Gasteiger partial charge is 0.295 e. The number of methoxy groups -OCH3 is 1. The molecule has 6 rings (SSSR count). The third kappa shape index (κ3) is 4.00. The van der Waals surface area contributed by atoms with Crippen LogP contribution in [0.15, 0.2) is 23.7 Å². The molecule has 0 saturated carbocycles. The monoisotopic (exact) mass is 521 g/mol. The van der Waals surface area contributed by atoms with Crippen molar-refractivity contribution in [3.8, 4) is 11.6 Å². The molecule has 1 saturated heterocycles. The van der Waals surface area contributed by atoms with E-state index >= 15 is 0 Å². The highest BCUT2D eigenvalue weighted by Crippen LogP contribution is 2.32. The highest BCUT2D eigenvalue weighted by molar-refractivity contribution is 8.14. The number of aromatic nitrogens is 8. The number of aliphatic imine (C=N–C) groups is 1. The van der Waals surface area contributed by atoms with E-state index in [0.717, 1.165) is 28.9 Å². The molecule has 0 radical (unpaired) electrons. The van der Waals surface area contributed by atoms with Gasteiger partial charge in [-0.1, -0.05) is 0 Å². The Morgan fingerprint density at radius 3 is 2.65 bits per heavy atom. The second-order valence-corrected chi connectivity index (χ2v) is 9.56. The number of H-pyrrole nitrogens is 2. The first-order valence-corrected chi connectivity index (χ1v) is 12.6. The van der Waals surface area contributed by atoms with E-state index in [2.05, 4.69) is 45.4 Å². The van der Waals surface area contributed by atoms with E-state index in [1.807, 2.05) is 0 Å². The number of hydrogen-bond donors (Lipinski definition) is 2. The van der Waals surface area contributed by atoms with E-state index in [1.54, 1.807) is 23.6 Å². The summed E-state index contributed by atoms with van der Waals surface area (Å²) >= 11 is 1.66. The van der Waals surface area contributed by atoms with Gasteiger partial charge in [-0.3, -0.25) is 14.6 Å². The number of pyridine rings is 1. The Morgan fingerprint density at radius 1 is 1.11 bits per heavy atom. The first kappa shape index (κ1) is 23.1. The lowest BCUT2D eigenvalue weighted by Crippen LogP contribution is -2.51. The number of ketones is 1. The molecule has 37 heavy (non-hydrogen) atoms. The van der Waals surface area contributed by atoms with Gasteiger partial charge < -0.3 is 19.5 Å². The number of aromatic amines is 2. The number of aryl methyl sites for hydroxylation is 1. The minimum absolute atomic E-state index is 0.217. The Kier molecular flexibility index (Phi) is 5.82. The summed E-state index contributed by atoms with van der Waals surface area (Å²) in [7, 11) is 1.49. The second kappa shape index (κ2) is 9.31. The summed E-state index contributed by atoms with van der Waals surface area (Å²) in [6.07, 6.45) is 4.56. The van der Waals surface area contributed by atoms with E-state index in [4.69, 9.17) is 4.74 Å².